The maximum atomic E-state index is 6.92. The van der Waals surface area contributed by atoms with Crippen LogP contribution in [0.3, 0.4) is 0 Å². The van der Waals surface area contributed by atoms with E-state index < -0.39 is 0 Å². The van der Waals surface area contributed by atoms with Gasteiger partial charge in [0.05, 0.1) is 0 Å². The van der Waals surface area contributed by atoms with Gasteiger partial charge < -0.3 is 28.1 Å². The van der Waals surface area contributed by atoms with Crippen molar-refractivity contribution in [3.63, 3.8) is 0 Å². The Morgan fingerprint density at radius 2 is 0.681 bits per heavy atom. The van der Waals surface area contributed by atoms with Gasteiger partial charge in [-0.2, -0.15) is 0 Å². The minimum atomic E-state index is -0.179. The summed E-state index contributed by atoms with van der Waals surface area (Å²) in [5.41, 5.74) is 12.9. The van der Waals surface area contributed by atoms with Crippen molar-refractivity contribution in [2.75, 3.05) is 9.80 Å². The molecule has 7 heteroatoms. The lowest BCUT2D eigenvalue weighted by molar-refractivity contribution is 0.465. The Morgan fingerprint density at radius 3 is 1.09 bits per heavy atom. The molecule has 0 atom stereocenters. The topological polar surface area (TPSA) is 51.2 Å². The molecule has 6 nitrogen and oxygen atoms in total. The first kappa shape index (κ1) is 38.0. The molecule has 0 fully saturated rings. The molecule has 0 bridgehead atoms. The molecule has 2 aliphatic heterocycles. The van der Waals surface area contributed by atoms with Crippen molar-refractivity contribution >= 4 is 123 Å². The molecule has 13 aromatic rings. The van der Waals surface area contributed by atoms with E-state index in [-0.39, 0.29) is 6.71 Å². The van der Waals surface area contributed by atoms with Crippen molar-refractivity contribution in [2.45, 2.75) is 0 Å². The fraction of sp³-hybridized carbons (Fsp3) is 0. The molecule has 0 amide bonds. The van der Waals surface area contributed by atoms with Gasteiger partial charge in [-0.05, 0) is 155 Å². The quantitative estimate of drug-likeness (QED) is 0.155. The monoisotopic (exact) mass is 884 g/mol. The number of benzene rings is 11. The molecule has 0 saturated heterocycles. The van der Waals surface area contributed by atoms with Gasteiger partial charge in [0.25, 0.3) is 6.71 Å². The van der Waals surface area contributed by atoms with Crippen LogP contribution < -0.4 is 35.7 Å². The van der Waals surface area contributed by atoms with Crippen LogP contribution in [0.4, 0.5) is 34.1 Å². The second-order valence-electron chi connectivity index (χ2n) is 18.0. The van der Waals surface area contributed by atoms with Gasteiger partial charge >= 0.3 is 0 Å². The summed E-state index contributed by atoms with van der Waals surface area (Å²) < 4.78 is 27.4. The number of ether oxygens (including phenoxy) is 2. The first-order chi connectivity index (χ1) is 34.2. The summed E-state index contributed by atoms with van der Waals surface area (Å²) in [5.74, 6) is 3.18. The highest BCUT2D eigenvalue weighted by Gasteiger charge is 2.41. The smallest absolute Gasteiger partial charge is 0.261 e. The van der Waals surface area contributed by atoms with Crippen LogP contribution in [-0.2, 0) is 0 Å². The van der Waals surface area contributed by atoms with Crippen LogP contribution in [-0.4, -0.2) is 6.71 Å². The first-order valence-electron chi connectivity index (χ1n) is 23.3. The molecule has 0 unspecified atom stereocenters. The largest absolute Gasteiger partial charge is 0.458 e. The third-order valence-corrected chi connectivity index (χ3v) is 14.1. The fourth-order valence-electron chi connectivity index (χ4n) is 11.0. The lowest BCUT2D eigenvalue weighted by Gasteiger charge is -2.32. The summed E-state index contributed by atoms with van der Waals surface area (Å²) in [7, 11) is 0. The van der Waals surface area contributed by atoms with Gasteiger partial charge in [-0.3, -0.25) is 0 Å². The van der Waals surface area contributed by atoms with Gasteiger partial charge in [-0.1, -0.05) is 91.0 Å². The number of rotatable bonds is 6. The van der Waals surface area contributed by atoms with Crippen LogP contribution in [0.5, 0.6) is 23.0 Å². The normalized spacial score (nSPS) is 12.6. The summed E-state index contributed by atoms with van der Waals surface area (Å²) in [6.07, 6.45) is 0. The molecule has 69 heavy (non-hydrogen) atoms. The van der Waals surface area contributed by atoms with E-state index in [1.807, 2.05) is 18.2 Å². The zero-order chi connectivity index (χ0) is 45.2. The molecular formula is C62H37BN2O4. The standard InChI is InChI=1S/C62H37BN2O4/c1-5-14-40(15-6-1)64(41-16-7-2-8-17-41)44-26-30-46-38(32-44)24-28-48-50-34-58-52(36-56(50)68-61(46)48)63-53-37-57-51(35-59(53)67-55-23-13-22-54(66-58)60(55)63)49-29-25-39-33-45(27-31-47(39)62(49)69-57)65(42-18-9-3-10-19-42)43-20-11-4-12-21-43/h1-37H. The minimum absolute atomic E-state index is 0.179. The Bertz CT molecular complexity index is 3860. The Kier molecular flexibility index (Phi) is 8.06. The molecule has 15 rings (SSSR count). The second kappa shape index (κ2) is 14.7. The summed E-state index contributed by atoms with van der Waals surface area (Å²) in [5, 5.41) is 8.40. The fourth-order valence-corrected chi connectivity index (χ4v) is 11.0. The van der Waals surface area contributed by atoms with E-state index in [1.165, 1.54) is 0 Å². The molecule has 0 aliphatic carbocycles. The van der Waals surface area contributed by atoms with Crippen LogP contribution in [0.15, 0.2) is 233 Å². The Labute approximate surface area is 396 Å². The Morgan fingerprint density at radius 1 is 0.290 bits per heavy atom. The van der Waals surface area contributed by atoms with E-state index in [0.29, 0.717) is 0 Å². The highest BCUT2D eigenvalue weighted by atomic mass is 16.5. The summed E-state index contributed by atoms with van der Waals surface area (Å²) >= 11 is 0. The van der Waals surface area contributed by atoms with Gasteiger partial charge in [0.15, 0.2) is 0 Å². The second-order valence-corrected chi connectivity index (χ2v) is 18.0. The number of nitrogens with zero attached hydrogens (tertiary/aromatic N) is 2. The van der Waals surface area contributed by atoms with E-state index >= 15 is 0 Å². The Balaban J connectivity index is 0.850. The van der Waals surface area contributed by atoms with Gasteiger partial charge in [0.2, 0.25) is 0 Å². The maximum Gasteiger partial charge on any atom is 0.261 e. The summed E-state index contributed by atoms with van der Waals surface area (Å²) in [4.78, 5) is 4.57. The molecule has 0 radical (unpaired) electrons. The van der Waals surface area contributed by atoms with Crippen molar-refractivity contribution in [3.05, 3.63) is 224 Å². The van der Waals surface area contributed by atoms with E-state index in [1.54, 1.807) is 0 Å². The molecule has 322 valence electrons. The van der Waals surface area contributed by atoms with Crippen molar-refractivity contribution < 1.29 is 18.3 Å². The van der Waals surface area contributed by atoms with Crippen molar-refractivity contribution in [1.29, 1.82) is 0 Å². The van der Waals surface area contributed by atoms with Crippen LogP contribution in [0.2, 0.25) is 0 Å². The molecule has 2 aliphatic rings. The molecular weight excluding hydrogens is 848 g/mol. The van der Waals surface area contributed by atoms with E-state index in [0.717, 1.165) is 139 Å². The third kappa shape index (κ3) is 5.80. The number of hydrogen-bond acceptors (Lipinski definition) is 6. The predicted molar refractivity (Wildman–Crippen MR) is 283 cm³/mol. The van der Waals surface area contributed by atoms with Crippen LogP contribution in [0.25, 0.3) is 65.4 Å². The molecule has 2 aromatic heterocycles. The molecule has 4 heterocycles. The van der Waals surface area contributed by atoms with Crippen molar-refractivity contribution in [1.82, 2.24) is 0 Å². The summed E-state index contributed by atoms with van der Waals surface area (Å²) in [6.45, 7) is -0.179. The molecule has 0 saturated carbocycles. The van der Waals surface area contributed by atoms with E-state index in [9.17, 15) is 0 Å². The van der Waals surface area contributed by atoms with Crippen LogP contribution in [0.1, 0.15) is 0 Å². The number of fused-ring (bicyclic) bond motifs is 14. The number of hydrogen-bond donors (Lipinski definition) is 0. The number of para-hydroxylation sites is 4. The molecule has 0 N–H and O–H groups in total. The highest BCUT2D eigenvalue weighted by molar-refractivity contribution is 6.98. The molecule has 11 aromatic carbocycles. The highest BCUT2D eigenvalue weighted by Crippen LogP contribution is 2.44. The van der Waals surface area contributed by atoms with Crippen LogP contribution >= 0.6 is 0 Å². The Hall–Kier alpha value is -9.20. The van der Waals surface area contributed by atoms with Crippen molar-refractivity contribution in [3.8, 4) is 23.0 Å². The summed E-state index contributed by atoms with van der Waals surface area (Å²) in [6, 6.07) is 78.7. The number of furan rings is 2. The average molecular weight is 885 g/mol. The van der Waals surface area contributed by atoms with Gasteiger partial charge in [-0.15, -0.1) is 0 Å². The van der Waals surface area contributed by atoms with Crippen molar-refractivity contribution in [2.24, 2.45) is 0 Å². The maximum absolute atomic E-state index is 6.92. The third-order valence-electron chi connectivity index (χ3n) is 14.1. The average Bonchev–Trinajstić information content (AvgIpc) is 3.96. The lowest BCUT2D eigenvalue weighted by atomic mass is 9.35. The lowest BCUT2D eigenvalue weighted by Crippen LogP contribution is -2.57. The molecule has 0 spiro atoms. The predicted octanol–water partition coefficient (Wildman–Crippen LogP) is 15.5. The first-order valence-corrected chi connectivity index (χ1v) is 23.3. The van der Waals surface area contributed by atoms with Gasteiger partial charge in [0, 0.05) is 71.9 Å². The zero-order valence-electron chi connectivity index (χ0n) is 37.0. The van der Waals surface area contributed by atoms with Gasteiger partial charge in [-0.25, -0.2) is 0 Å². The zero-order valence-corrected chi connectivity index (χ0v) is 37.0. The van der Waals surface area contributed by atoms with E-state index in [4.69, 9.17) is 18.3 Å². The van der Waals surface area contributed by atoms with Crippen LogP contribution in [0, 0.1) is 0 Å². The minimum Gasteiger partial charge on any atom is -0.458 e. The van der Waals surface area contributed by atoms with Gasteiger partial charge in [0.1, 0.15) is 45.3 Å². The SMILES string of the molecule is c1ccc(N(c2ccccc2)c2ccc3c(ccc4c5cc6c(cc5oc34)B3c4cc5oc7c8ccc(N(c9ccccc9)c9ccccc9)cc8ccc7c5cc4Oc4cccc(c43)O6)c2)cc1. The number of anilines is 6. The van der Waals surface area contributed by atoms with E-state index in [2.05, 4.69) is 216 Å².